The number of rotatable bonds is 9. The zero-order valence-electron chi connectivity index (χ0n) is 19.5. The van der Waals surface area contributed by atoms with Gasteiger partial charge in [0.15, 0.2) is 5.96 Å². The van der Waals surface area contributed by atoms with E-state index in [-0.39, 0.29) is 11.8 Å². The zero-order chi connectivity index (χ0) is 22.9. The van der Waals surface area contributed by atoms with Crippen LogP contribution in [0.4, 0.5) is 5.82 Å². The third-order valence-electron chi connectivity index (χ3n) is 5.69. The standard InChI is InChI=1S/C23H36N8O/c1-4-25-23(27-11-7-13-31-18(3)14-17(2)29-31)28-15-19-8-5-10-26-22(19)30-12-6-9-20(16-30)21(24)32/h5,8,10,14,20H,4,6-7,9,11-13,15-16H2,1-3H3,(H2,24,32)(H2,25,27,28). The van der Waals surface area contributed by atoms with Crippen LogP contribution in [-0.4, -0.2) is 52.8 Å². The van der Waals surface area contributed by atoms with Gasteiger partial charge >= 0.3 is 0 Å². The number of guanidine groups is 1. The number of primary amides is 1. The number of pyridine rings is 1. The quantitative estimate of drug-likeness (QED) is 0.311. The molecule has 1 aliphatic rings. The maximum atomic E-state index is 11.7. The second-order valence-corrected chi connectivity index (χ2v) is 8.30. The maximum absolute atomic E-state index is 11.7. The molecule has 3 rings (SSSR count). The highest BCUT2D eigenvalue weighted by Gasteiger charge is 2.25. The molecule has 4 N–H and O–H groups in total. The molecule has 1 saturated heterocycles. The summed E-state index contributed by atoms with van der Waals surface area (Å²) in [5.74, 6) is 1.32. The lowest BCUT2D eigenvalue weighted by atomic mass is 9.97. The van der Waals surface area contributed by atoms with Crippen molar-refractivity contribution in [3.05, 3.63) is 41.3 Å². The monoisotopic (exact) mass is 440 g/mol. The number of nitrogens with one attached hydrogen (secondary N) is 2. The number of nitrogens with two attached hydrogens (primary N) is 1. The minimum atomic E-state index is -0.232. The van der Waals surface area contributed by atoms with Gasteiger partial charge in [0.05, 0.1) is 18.2 Å². The Morgan fingerprint density at radius 2 is 2.19 bits per heavy atom. The maximum Gasteiger partial charge on any atom is 0.222 e. The van der Waals surface area contributed by atoms with Crippen molar-refractivity contribution in [3.8, 4) is 0 Å². The van der Waals surface area contributed by atoms with Crippen molar-refractivity contribution in [2.24, 2.45) is 16.6 Å². The fourth-order valence-electron chi connectivity index (χ4n) is 4.08. The summed E-state index contributed by atoms with van der Waals surface area (Å²) < 4.78 is 2.04. The molecule has 0 spiro atoms. The highest BCUT2D eigenvalue weighted by atomic mass is 16.1. The van der Waals surface area contributed by atoms with Gasteiger partial charge in [-0.25, -0.2) is 9.98 Å². The summed E-state index contributed by atoms with van der Waals surface area (Å²) in [5.41, 5.74) is 8.82. The molecule has 1 unspecified atom stereocenters. The SMILES string of the molecule is CCNC(=NCc1cccnc1N1CCCC(C(N)=O)C1)NCCCn1nc(C)cc1C. The number of hydrogen-bond donors (Lipinski definition) is 3. The van der Waals surface area contributed by atoms with Crippen LogP contribution in [0.15, 0.2) is 29.4 Å². The van der Waals surface area contributed by atoms with E-state index in [4.69, 9.17) is 10.7 Å². The molecule has 1 atom stereocenters. The van der Waals surface area contributed by atoms with Crippen molar-refractivity contribution in [1.82, 2.24) is 25.4 Å². The topological polar surface area (TPSA) is 113 Å². The van der Waals surface area contributed by atoms with Crippen LogP contribution in [0.2, 0.25) is 0 Å². The Hall–Kier alpha value is -3.10. The van der Waals surface area contributed by atoms with Crippen molar-refractivity contribution in [1.29, 1.82) is 0 Å². The van der Waals surface area contributed by atoms with Crippen molar-refractivity contribution in [2.75, 3.05) is 31.1 Å². The van der Waals surface area contributed by atoms with Crippen LogP contribution in [0.3, 0.4) is 0 Å². The first kappa shape index (κ1) is 23.6. The molecule has 1 fully saturated rings. The average molecular weight is 441 g/mol. The first-order valence-corrected chi connectivity index (χ1v) is 11.5. The lowest BCUT2D eigenvalue weighted by Gasteiger charge is -2.33. The van der Waals surface area contributed by atoms with Gasteiger partial charge in [0, 0.05) is 50.2 Å². The molecule has 2 aromatic rings. The van der Waals surface area contributed by atoms with Gasteiger partial charge in [-0.15, -0.1) is 0 Å². The van der Waals surface area contributed by atoms with Crippen LogP contribution in [0.5, 0.6) is 0 Å². The van der Waals surface area contributed by atoms with Gasteiger partial charge in [-0.1, -0.05) is 6.07 Å². The molecule has 9 nitrogen and oxygen atoms in total. The molecular weight excluding hydrogens is 404 g/mol. The molecule has 0 aliphatic carbocycles. The van der Waals surface area contributed by atoms with Crippen molar-refractivity contribution < 1.29 is 4.79 Å². The molecule has 9 heteroatoms. The van der Waals surface area contributed by atoms with E-state index < -0.39 is 0 Å². The second kappa shape index (κ2) is 11.5. The van der Waals surface area contributed by atoms with Crippen LogP contribution >= 0.6 is 0 Å². The van der Waals surface area contributed by atoms with E-state index in [1.165, 1.54) is 5.69 Å². The van der Waals surface area contributed by atoms with Crippen LogP contribution in [0, 0.1) is 19.8 Å². The Morgan fingerprint density at radius 3 is 2.91 bits per heavy atom. The minimum Gasteiger partial charge on any atom is -0.369 e. The van der Waals surface area contributed by atoms with Gasteiger partial charge < -0.3 is 21.3 Å². The first-order valence-electron chi connectivity index (χ1n) is 11.5. The Labute approximate surface area is 190 Å². The van der Waals surface area contributed by atoms with E-state index in [0.717, 1.165) is 68.5 Å². The molecule has 174 valence electrons. The van der Waals surface area contributed by atoms with E-state index in [1.807, 2.05) is 23.7 Å². The number of hydrogen-bond acceptors (Lipinski definition) is 5. The fraction of sp³-hybridized carbons (Fsp3) is 0.565. The van der Waals surface area contributed by atoms with Crippen molar-refractivity contribution >= 4 is 17.7 Å². The summed E-state index contributed by atoms with van der Waals surface area (Å²) in [6.45, 7) is 10.6. The van der Waals surface area contributed by atoms with Gasteiger partial charge in [-0.3, -0.25) is 9.48 Å². The highest BCUT2D eigenvalue weighted by Crippen LogP contribution is 2.24. The van der Waals surface area contributed by atoms with Gasteiger partial charge in [0.25, 0.3) is 0 Å². The fourth-order valence-corrected chi connectivity index (χ4v) is 4.08. The third kappa shape index (κ3) is 6.45. The molecule has 3 heterocycles. The number of carbonyl (C=O) groups is 1. The molecule has 1 amide bonds. The summed E-state index contributed by atoms with van der Waals surface area (Å²) >= 11 is 0. The summed E-state index contributed by atoms with van der Waals surface area (Å²) in [6.07, 6.45) is 4.52. The van der Waals surface area contributed by atoms with Gasteiger partial charge in [0.1, 0.15) is 5.82 Å². The largest absolute Gasteiger partial charge is 0.369 e. The summed E-state index contributed by atoms with van der Waals surface area (Å²) in [7, 11) is 0. The van der Waals surface area contributed by atoms with E-state index >= 15 is 0 Å². The summed E-state index contributed by atoms with van der Waals surface area (Å²) in [4.78, 5) is 23.2. The number of aromatic nitrogens is 3. The minimum absolute atomic E-state index is 0.122. The third-order valence-corrected chi connectivity index (χ3v) is 5.69. The Bertz CT molecular complexity index is 922. The highest BCUT2D eigenvalue weighted by molar-refractivity contribution is 5.80. The number of nitrogens with zero attached hydrogens (tertiary/aromatic N) is 5. The lowest BCUT2D eigenvalue weighted by molar-refractivity contribution is -0.122. The second-order valence-electron chi connectivity index (χ2n) is 8.30. The van der Waals surface area contributed by atoms with E-state index in [2.05, 4.69) is 45.5 Å². The van der Waals surface area contributed by atoms with E-state index in [1.54, 1.807) is 6.20 Å². The van der Waals surface area contributed by atoms with Crippen molar-refractivity contribution in [2.45, 2.75) is 53.1 Å². The Balaban J connectivity index is 1.59. The van der Waals surface area contributed by atoms with Gasteiger partial charge in [0.2, 0.25) is 5.91 Å². The predicted molar refractivity (Wildman–Crippen MR) is 128 cm³/mol. The van der Waals surface area contributed by atoms with Crippen LogP contribution in [-0.2, 0) is 17.9 Å². The molecule has 32 heavy (non-hydrogen) atoms. The molecule has 0 bridgehead atoms. The number of carbonyl (C=O) groups excluding carboxylic acids is 1. The average Bonchev–Trinajstić information content (AvgIpc) is 3.11. The number of anilines is 1. The van der Waals surface area contributed by atoms with Gasteiger partial charge in [-0.2, -0.15) is 5.10 Å². The predicted octanol–water partition coefficient (Wildman–Crippen LogP) is 1.74. The van der Waals surface area contributed by atoms with E-state index in [9.17, 15) is 4.79 Å². The number of aryl methyl sites for hydroxylation is 3. The van der Waals surface area contributed by atoms with Crippen LogP contribution < -0.4 is 21.3 Å². The zero-order valence-corrected chi connectivity index (χ0v) is 19.5. The molecular formula is C23H36N8O. The Kier molecular flexibility index (Phi) is 8.47. The number of piperidine rings is 1. The molecule has 0 radical (unpaired) electrons. The molecule has 0 saturated carbocycles. The molecule has 1 aliphatic heterocycles. The number of amides is 1. The first-order chi connectivity index (χ1) is 15.5. The van der Waals surface area contributed by atoms with Crippen LogP contribution in [0.1, 0.15) is 43.1 Å². The summed E-state index contributed by atoms with van der Waals surface area (Å²) in [5, 5.41) is 11.2. The normalized spacial score (nSPS) is 16.8. The van der Waals surface area contributed by atoms with Crippen LogP contribution in [0.25, 0.3) is 0 Å². The van der Waals surface area contributed by atoms with E-state index in [0.29, 0.717) is 13.1 Å². The lowest BCUT2D eigenvalue weighted by Crippen LogP contribution is -2.42. The Morgan fingerprint density at radius 1 is 1.34 bits per heavy atom. The summed E-state index contributed by atoms with van der Waals surface area (Å²) in [6, 6.07) is 6.07. The van der Waals surface area contributed by atoms with Crippen molar-refractivity contribution in [3.63, 3.8) is 0 Å². The smallest absolute Gasteiger partial charge is 0.222 e. The number of aliphatic imine (C=N–C) groups is 1. The molecule has 0 aromatic carbocycles. The molecule has 2 aromatic heterocycles. The van der Waals surface area contributed by atoms with Gasteiger partial charge in [-0.05, 0) is 52.2 Å².